The first kappa shape index (κ1) is 11.7. The Morgan fingerprint density at radius 2 is 2.28 bits per heavy atom. The number of benzene rings is 1. The number of rotatable bonds is 2. The van der Waals surface area contributed by atoms with Gasteiger partial charge in [0.1, 0.15) is 6.10 Å². The van der Waals surface area contributed by atoms with Crippen LogP contribution in [0.2, 0.25) is 0 Å². The van der Waals surface area contributed by atoms with Gasteiger partial charge in [0.25, 0.3) is 5.89 Å². The molecule has 0 amide bonds. The Hall–Kier alpha value is -1.40. The van der Waals surface area contributed by atoms with Gasteiger partial charge in [0.15, 0.2) is 0 Å². The molecule has 18 heavy (non-hydrogen) atoms. The minimum atomic E-state index is -0.0395. The SMILES string of the molecule is Nc1ccc(Br)c(-c2nc(C3CCCO3)no2)c1. The van der Waals surface area contributed by atoms with E-state index in [1.165, 1.54) is 0 Å². The Morgan fingerprint density at radius 1 is 1.39 bits per heavy atom. The summed E-state index contributed by atoms with van der Waals surface area (Å²) in [7, 11) is 0. The van der Waals surface area contributed by atoms with Gasteiger partial charge in [-0.2, -0.15) is 4.98 Å². The van der Waals surface area contributed by atoms with Crippen molar-refractivity contribution in [3.8, 4) is 11.5 Å². The average molecular weight is 310 g/mol. The highest BCUT2D eigenvalue weighted by atomic mass is 79.9. The molecule has 94 valence electrons. The summed E-state index contributed by atoms with van der Waals surface area (Å²) in [4.78, 5) is 4.38. The van der Waals surface area contributed by atoms with Crippen molar-refractivity contribution in [3.05, 3.63) is 28.5 Å². The van der Waals surface area contributed by atoms with Crippen LogP contribution in [0.25, 0.3) is 11.5 Å². The van der Waals surface area contributed by atoms with E-state index in [-0.39, 0.29) is 6.10 Å². The Bertz CT molecular complexity index is 564. The lowest BCUT2D eigenvalue weighted by Gasteiger charge is -2.01. The summed E-state index contributed by atoms with van der Waals surface area (Å²) >= 11 is 3.45. The zero-order chi connectivity index (χ0) is 12.5. The molecule has 0 aliphatic carbocycles. The summed E-state index contributed by atoms with van der Waals surface area (Å²) in [5.74, 6) is 1.07. The van der Waals surface area contributed by atoms with Crippen LogP contribution in [-0.4, -0.2) is 16.7 Å². The molecule has 0 spiro atoms. The van der Waals surface area contributed by atoms with Crippen molar-refractivity contribution < 1.29 is 9.26 Å². The topological polar surface area (TPSA) is 74.2 Å². The summed E-state index contributed by atoms with van der Waals surface area (Å²) in [6, 6.07) is 5.47. The number of nitrogens with two attached hydrogens (primary N) is 1. The fraction of sp³-hybridized carbons (Fsp3) is 0.333. The van der Waals surface area contributed by atoms with E-state index in [9.17, 15) is 0 Å². The van der Waals surface area contributed by atoms with Gasteiger partial charge in [-0.15, -0.1) is 0 Å². The van der Waals surface area contributed by atoms with Crippen molar-refractivity contribution in [2.45, 2.75) is 18.9 Å². The molecule has 1 aliphatic rings. The smallest absolute Gasteiger partial charge is 0.259 e. The van der Waals surface area contributed by atoms with E-state index in [0.717, 1.165) is 29.5 Å². The molecule has 1 saturated heterocycles. The molecule has 1 atom stereocenters. The van der Waals surface area contributed by atoms with Crippen LogP contribution in [0.3, 0.4) is 0 Å². The quantitative estimate of drug-likeness (QED) is 0.863. The molecule has 3 rings (SSSR count). The third-order valence-electron chi connectivity index (χ3n) is 2.88. The van der Waals surface area contributed by atoms with E-state index in [1.807, 2.05) is 12.1 Å². The van der Waals surface area contributed by atoms with Gasteiger partial charge in [-0.25, -0.2) is 0 Å². The Morgan fingerprint density at radius 3 is 3.06 bits per heavy atom. The van der Waals surface area contributed by atoms with Gasteiger partial charge < -0.3 is 15.0 Å². The number of hydrogen-bond donors (Lipinski definition) is 1. The second kappa shape index (κ2) is 4.70. The van der Waals surface area contributed by atoms with Crippen LogP contribution in [0.15, 0.2) is 27.2 Å². The number of hydrogen-bond acceptors (Lipinski definition) is 5. The predicted molar refractivity (Wildman–Crippen MR) is 69.8 cm³/mol. The maximum Gasteiger partial charge on any atom is 0.259 e. The zero-order valence-electron chi connectivity index (χ0n) is 9.60. The number of nitrogen functional groups attached to an aromatic ring is 1. The standard InChI is InChI=1S/C12H12BrN3O2/c13-9-4-3-7(14)6-8(9)12-15-11(16-18-12)10-2-1-5-17-10/h3-4,6,10H,1-2,5,14H2. The molecule has 1 aliphatic heterocycles. The number of ether oxygens (including phenoxy) is 1. The summed E-state index contributed by atoms with van der Waals surface area (Å²) in [6.07, 6.45) is 1.94. The third-order valence-corrected chi connectivity index (χ3v) is 3.57. The first-order chi connectivity index (χ1) is 8.74. The van der Waals surface area contributed by atoms with E-state index in [4.69, 9.17) is 15.0 Å². The van der Waals surface area contributed by atoms with Gasteiger partial charge in [-0.05, 0) is 47.0 Å². The van der Waals surface area contributed by atoms with Gasteiger partial charge in [-0.1, -0.05) is 5.16 Å². The highest BCUT2D eigenvalue weighted by Gasteiger charge is 2.24. The fourth-order valence-electron chi connectivity index (χ4n) is 1.96. The van der Waals surface area contributed by atoms with E-state index < -0.39 is 0 Å². The molecule has 1 aromatic carbocycles. The van der Waals surface area contributed by atoms with Crippen molar-refractivity contribution >= 4 is 21.6 Å². The molecule has 2 aromatic rings. The van der Waals surface area contributed by atoms with Crippen molar-refractivity contribution in [1.82, 2.24) is 10.1 Å². The third kappa shape index (κ3) is 2.13. The lowest BCUT2D eigenvalue weighted by molar-refractivity contribution is 0.103. The molecule has 0 saturated carbocycles. The van der Waals surface area contributed by atoms with E-state index >= 15 is 0 Å². The Labute approximate surface area is 112 Å². The average Bonchev–Trinajstić information content (AvgIpc) is 3.00. The molecular weight excluding hydrogens is 298 g/mol. The molecule has 2 heterocycles. The second-order valence-corrected chi connectivity index (χ2v) is 5.05. The highest BCUT2D eigenvalue weighted by Crippen LogP contribution is 2.32. The second-order valence-electron chi connectivity index (χ2n) is 4.20. The number of aromatic nitrogens is 2. The summed E-state index contributed by atoms with van der Waals surface area (Å²) < 4.78 is 11.7. The predicted octanol–water partition coefficient (Wildman–Crippen LogP) is 2.93. The van der Waals surface area contributed by atoms with Crippen LogP contribution in [-0.2, 0) is 4.74 Å². The van der Waals surface area contributed by atoms with Crippen LogP contribution in [0.4, 0.5) is 5.69 Å². The molecule has 6 heteroatoms. The fourth-order valence-corrected chi connectivity index (χ4v) is 2.38. The van der Waals surface area contributed by atoms with Gasteiger partial charge in [-0.3, -0.25) is 0 Å². The molecule has 2 N–H and O–H groups in total. The molecule has 0 bridgehead atoms. The molecule has 1 fully saturated rings. The van der Waals surface area contributed by atoms with Gasteiger partial charge in [0, 0.05) is 16.8 Å². The largest absolute Gasteiger partial charge is 0.399 e. The van der Waals surface area contributed by atoms with Gasteiger partial charge in [0.05, 0.1) is 5.56 Å². The lowest BCUT2D eigenvalue weighted by atomic mass is 10.2. The van der Waals surface area contributed by atoms with Crippen molar-refractivity contribution in [1.29, 1.82) is 0 Å². The first-order valence-corrected chi connectivity index (χ1v) is 6.54. The van der Waals surface area contributed by atoms with Crippen LogP contribution in [0.5, 0.6) is 0 Å². The molecule has 0 radical (unpaired) electrons. The van der Waals surface area contributed by atoms with Crippen LogP contribution in [0, 0.1) is 0 Å². The lowest BCUT2D eigenvalue weighted by Crippen LogP contribution is -1.97. The zero-order valence-corrected chi connectivity index (χ0v) is 11.2. The van der Waals surface area contributed by atoms with Crippen LogP contribution >= 0.6 is 15.9 Å². The van der Waals surface area contributed by atoms with Crippen molar-refractivity contribution in [3.63, 3.8) is 0 Å². The Kier molecular flexibility index (Phi) is 3.05. The highest BCUT2D eigenvalue weighted by molar-refractivity contribution is 9.10. The maximum atomic E-state index is 5.76. The minimum absolute atomic E-state index is 0.0395. The van der Waals surface area contributed by atoms with Crippen molar-refractivity contribution in [2.75, 3.05) is 12.3 Å². The van der Waals surface area contributed by atoms with E-state index in [2.05, 4.69) is 26.1 Å². The summed E-state index contributed by atoms with van der Waals surface area (Å²) in [5, 5.41) is 3.97. The molecule has 1 aromatic heterocycles. The van der Waals surface area contributed by atoms with E-state index in [0.29, 0.717) is 17.4 Å². The summed E-state index contributed by atoms with van der Waals surface area (Å²) in [6.45, 7) is 0.760. The van der Waals surface area contributed by atoms with Crippen LogP contribution in [0.1, 0.15) is 24.8 Å². The van der Waals surface area contributed by atoms with Crippen LogP contribution < -0.4 is 5.73 Å². The van der Waals surface area contributed by atoms with Gasteiger partial charge in [0.2, 0.25) is 5.82 Å². The van der Waals surface area contributed by atoms with Crippen molar-refractivity contribution in [2.24, 2.45) is 0 Å². The molecular formula is C12H12BrN3O2. The minimum Gasteiger partial charge on any atom is -0.399 e. The normalized spacial score (nSPS) is 19.3. The monoisotopic (exact) mass is 309 g/mol. The van der Waals surface area contributed by atoms with E-state index in [1.54, 1.807) is 6.07 Å². The molecule has 1 unspecified atom stereocenters. The first-order valence-electron chi connectivity index (χ1n) is 5.74. The molecule has 5 nitrogen and oxygen atoms in total. The number of halogens is 1. The Balaban J connectivity index is 1.94. The summed E-state index contributed by atoms with van der Waals surface area (Å²) in [5.41, 5.74) is 7.21. The number of nitrogens with zero attached hydrogens (tertiary/aromatic N) is 2. The van der Waals surface area contributed by atoms with Gasteiger partial charge >= 0.3 is 0 Å². The number of anilines is 1. The maximum absolute atomic E-state index is 5.76.